The molecule has 1 aromatic rings. The van der Waals surface area contributed by atoms with Crippen LogP contribution in [0.15, 0.2) is 0 Å². The van der Waals surface area contributed by atoms with E-state index in [0.717, 1.165) is 11.5 Å². The first-order valence-electron chi connectivity index (χ1n) is 5.91. The number of hydrogen-bond acceptors (Lipinski definition) is 8. The van der Waals surface area contributed by atoms with Gasteiger partial charge in [0, 0.05) is 13.1 Å². The lowest BCUT2D eigenvalue weighted by molar-refractivity contribution is -0.0419. The third kappa shape index (κ3) is 2.80. The first kappa shape index (κ1) is 14.0. The summed E-state index contributed by atoms with van der Waals surface area (Å²) in [4.78, 5) is 13.7. The van der Waals surface area contributed by atoms with E-state index in [4.69, 9.17) is 15.2 Å². The number of carbonyl (C=O) groups excluding carboxylic acids is 1. The maximum absolute atomic E-state index is 11.7. The van der Waals surface area contributed by atoms with Crippen molar-refractivity contribution in [3.05, 3.63) is 5.56 Å². The van der Waals surface area contributed by atoms with Gasteiger partial charge in [-0.05, 0) is 18.5 Å². The molecule has 1 aromatic heterocycles. The van der Waals surface area contributed by atoms with Crippen LogP contribution in [0.4, 0.5) is 10.8 Å². The third-order valence-corrected chi connectivity index (χ3v) is 3.83. The van der Waals surface area contributed by atoms with E-state index >= 15 is 0 Å². The van der Waals surface area contributed by atoms with Crippen molar-refractivity contribution >= 4 is 28.3 Å². The summed E-state index contributed by atoms with van der Waals surface area (Å²) >= 11 is 1.15. The highest BCUT2D eigenvalue weighted by atomic mass is 32.1. The normalized spacial score (nSPS) is 23.4. The molecule has 19 heavy (non-hydrogen) atoms. The first-order valence-corrected chi connectivity index (χ1v) is 6.68. The highest BCUT2D eigenvalue weighted by Gasteiger charge is 2.30. The zero-order valence-electron chi connectivity index (χ0n) is 10.8. The van der Waals surface area contributed by atoms with Crippen LogP contribution in [-0.4, -0.2) is 54.5 Å². The number of esters is 1. The number of nitrogens with two attached hydrogens (primary N) is 1. The number of morpholine rings is 1. The summed E-state index contributed by atoms with van der Waals surface area (Å²) in [6, 6.07) is 0. The number of aromatic nitrogens is 1. The Balaban J connectivity index is 2.28. The van der Waals surface area contributed by atoms with Gasteiger partial charge < -0.3 is 25.2 Å². The molecule has 1 aliphatic rings. The van der Waals surface area contributed by atoms with E-state index in [0.29, 0.717) is 23.7 Å². The predicted molar refractivity (Wildman–Crippen MR) is 71.5 cm³/mol. The molecule has 0 saturated carbocycles. The molecule has 2 unspecified atom stereocenters. The summed E-state index contributed by atoms with van der Waals surface area (Å²) in [5.41, 5.74) is 6.01. The number of hydrogen-bond donors (Lipinski definition) is 2. The van der Waals surface area contributed by atoms with Crippen LogP contribution in [0.25, 0.3) is 0 Å². The molecular formula is C11H17N3O4S. The molecule has 2 heterocycles. The van der Waals surface area contributed by atoms with Crippen LogP contribution < -0.4 is 10.6 Å². The summed E-state index contributed by atoms with van der Waals surface area (Å²) < 4.78 is 14.3. The van der Waals surface area contributed by atoms with Crippen molar-refractivity contribution in [1.29, 1.82) is 0 Å². The fraction of sp³-hybridized carbons (Fsp3) is 0.636. The number of aliphatic hydroxyl groups is 1. The standard InChI is InChI=1S/C11H17N3O4S/c1-6-3-14(4-7(5-15)18-6)10-8(11(16)17-2)9(12)13-19-10/h6-7,15H,3-5H2,1-2H3,(H2,12,13). The van der Waals surface area contributed by atoms with Crippen molar-refractivity contribution in [1.82, 2.24) is 4.37 Å². The molecule has 8 heteroatoms. The minimum Gasteiger partial charge on any atom is -0.465 e. The second-order valence-electron chi connectivity index (χ2n) is 4.40. The van der Waals surface area contributed by atoms with Gasteiger partial charge in [-0.3, -0.25) is 0 Å². The van der Waals surface area contributed by atoms with Crippen molar-refractivity contribution < 1.29 is 19.4 Å². The van der Waals surface area contributed by atoms with Crippen molar-refractivity contribution in [2.75, 3.05) is 37.4 Å². The number of carbonyl (C=O) groups is 1. The Bertz CT molecular complexity index is 465. The number of nitrogens with zero attached hydrogens (tertiary/aromatic N) is 2. The highest BCUT2D eigenvalue weighted by Crippen LogP contribution is 2.33. The van der Waals surface area contributed by atoms with E-state index < -0.39 is 5.97 Å². The third-order valence-electron chi connectivity index (χ3n) is 2.91. The molecular weight excluding hydrogens is 270 g/mol. The topological polar surface area (TPSA) is 97.9 Å². The van der Waals surface area contributed by atoms with Crippen molar-refractivity contribution in [3.63, 3.8) is 0 Å². The van der Waals surface area contributed by atoms with E-state index in [1.54, 1.807) is 0 Å². The maximum Gasteiger partial charge on any atom is 0.344 e. The molecule has 1 fully saturated rings. The van der Waals surface area contributed by atoms with Crippen LogP contribution in [0.5, 0.6) is 0 Å². The van der Waals surface area contributed by atoms with Gasteiger partial charge in [0.2, 0.25) is 0 Å². The number of nitrogen functional groups attached to an aromatic ring is 1. The number of methoxy groups -OCH3 is 1. The number of ether oxygens (including phenoxy) is 2. The molecule has 0 aromatic carbocycles. The maximum atomic E-state index is 11.7. The van der Waals surface area contributed by atoms with E-state index in [-0.39, 0.29) is 24.6 Å². The molecule has 0 spiro atoms. The zero-order chi connectivity index (χ0) is 14.0. The van der Waals surface area contributed by atoms with Gasteiger partial charge in [-0.1, -0.05) is 0 Å². The molecule has 0 radical (unpaired) electrons. The summed E-state index contributed by atoms with van der Waals surface area (Å²) in [6.07, 6.45) is -0.322. The van der Waals surface area contributed by atoms with Gasteiger partial charge in [-0.25, -0.2) is 4.79 Å². The fourth-order valence-corrected chi connectivity index (χ4v) is 2.93. The number of anilines is 2. The molecule has 0 bridgehead atoms. The average Bonchev–Trinajstić information content (AvgIpc) is 2.79. The Morgan fingerprint density at radius 2 is 2.42 bits per heavy atom. The molecule has 2 rings (SSSR count). The summed E-state index contributed by atoms with van der Waals surface area (Å²) in [6.45, 7) is 2.95. The molecule has 106 valence electrons. The second-order valence-corrected chi connectivity index (χ2v) is 5.15. The SMILES string of the molecule is COC(=O)c1c(N)nsc1N1CC(C)OC(CO)C1. The first-order chi connectivity index (χ1) is 9.06. The van der Waals surface area contributed by atoms with Crippen LogP contribution in [0.1, 0.15) is 17.3 Å². The molecule has 7 nitrogen and oxygen atoms in total. The minimum absolute atomic E-state index is 0.0419. The van der Waals surface area contributed by atoms with Crippen molar-refractivity contribution in [2.45, 2.75) is 19.1 Å². The monoisotopic (exact) mass is 287 g/mol. The van der Waals surface area contributed by atoms with Crippen LogP contribution in [0, 0.1) is 0 Å². The Morgan fingerprint density at radius 3 is 3.05 bits per heavy atom. The number of rotatable bonds is 3. The van der Waals surface area contributed by atoms with Crippen molar-refractivity contribution in [2.24, 2.45) is 0 Å². The Morgan fingerprint density at radius 1 is 1.68 bits per heavy atom. The summed E-state index contributed by atoms with van der Waals surface area (Å²) in [5.74, 6) is -0.326. The van der Waals surface area contributed by atoms with Crippen LogP contribution in [-0.2, 0) is 9.47 Å². The minimum atomic E-state index is -0.499. The van der Waals surface area contributed by atoms with Gasteiger partial charge in [0.15, 0.2) is 5.82 Å². The molecule has 0 aliphatic carbocycles. The van der Waals surface area contributed by atoms with Crippen LogP contribution in [0.2, 0.25) is 0 Å². The quantitative estimate of drug-likeness (QED) is 0.761. The lowest BCUT2D eigenvalue weighted by Gasteiger charge is -2.36. The van der Waals surface area contributed by atoms with Crippen LogP contribution >= 0.6 is 11.5 Å². The molecule has 3 N–H and O–H groups in total. The highest BCUT2D eigenvalue weighted by molar-refractivity contribution is 7.11. The van der Waals surface area contributed by atoms with E-state index in [2.05, 4.69) is 4.37 Å². The molecule has 1 saturated heterocycles. The Labute approximate surface area is 115 Å². The van der Waals surface area contributed by atoms with Gasteiger partial charge in [-0.15, -0.1) is 0 Å². The Hall–Kier alpha value is -1.38. The van der Waals surface area contributed by atoms with Gasteiger partial charge >= 0.3 is 5.97 Å². The summed E-state index contributed by atoms with van der Waals surface area (Å²) in [5, 5.41) is 9.89. The number of aliphatic hydroxyl groups excluding tert-OH is 1. The smallest absolute Gasteiger partial charge is 0.344 e. The van der Waals surface area contributed by atoms with Gasteiger partial charge in [-0.2, -0.15) is 4.37 Å². The summed E-state index contributed by atoms with van der Waals surface area (Å²) in [7, 11) is 1.31. The second kappa shape index (κ2) is 5.72. The van der Waals surface area contributed by atoms with Gasteiger partial charge in [0.1, 0.15) is 10.6 Å². The van der Waals surface area contributed by atoms with E-state index in [1.807, 2.05) is 11.8 Å². The zero-order valence-corrected chi connectivity index (χ0v) is 11.6. The average molecular weight is 287 g/mol. The molecule has 1 aliphatic heterocycles. The predicted octanol–water partition coefficient (Wildman–Crippen LogP) is 0.0979. The molecule has 2 atom stereocenters. The van der Waals surface area contributed by atoms with Gasteiger partial charge in [0.25, 0.3) is 0 Å². The fourth-order valence-electron chi connectivity index (χ4n) is 2.11. The lowest BCUT2D eigenvalue weighted by Crippen LogP contribution is -2.48. The van der Waals surface area contributed by atoms with Gasteiger partial charge in [0.05, 0.1) is 25.9 Å². The largest absolute Gasteiger partial charge is 0.465 e. The van der Waals surface area contributed by atoms with Crippen LogP contribution in [0.3, 0.4) is 0 Å². The Kier molecular flexibility index (Phi) is 4.23. The van der Waals surface area contributed by atoms with Crippen molar-refractivity contribution in [3.8, 4) is 0 Å². The molecule has 0 amide bonds. The lowest BCUT2D eigenvalue weighted by atomic mass is 10.2. The van der Waals surface area contributed by atoms with E-state index in [9.17, 15) is 9.90 Å². The van der Waals surface area contributed by atoms with E-state index in [1.165, 1.54) is 7.11 Å².